The van der Waals surface area contributed by atoms with Crippen molar-refractivity contribution in [1.29, 1.82) is 0 Å². The first-order valence-corrected chi connectivity index (χ1v) is 9.72. The van der Waals surface area contributed by atoms with E-state index >= 15 is 0 Å². The molecule has 1 aromatic carbocycles. The van der Waals surface area contributed by atoms with Gasteiger partial charge in [0.25, 0.3) is 0 Å². The van der Waals surface area contributed by atoms with Gasteiger partial charge in [0, 0.05) is 37.7 Å². The Kier molecular flexibility index (Phi) is 12.3. The van der Waals surface area contributed by atoms with Crippen LogP contribution in [0.2, 0.25) is 5.02 Å². The van der Waals surface area contributed by atoms with Gasteiger partial charge in [-0.25, -0.2) is 0 Å². The highest BCUT2D eigenvalue weighted by atomic mass is 127. The summed E-state index contributed by atoms with van der Waals surface area (Å²) in [5, 5.41) is 17.0. The second-order valence-corrected chi connectivity index (χ2v) is 6.93. The highest BCUT2D eigenvalue weighted by Crippen LogP contribution is 2.11. The van der Waals surface area contributed by atoms with Gasteiger partial charge in [-0.3, -0.25) is 4.99 Å². The Morgan fingerprint density at radius 2 is 2.08 bits per heavy atom. The highest BCUT2D eigenvalue weighted by molar-refractivity contribution is 14.0. The third-order valence-corrected chi connectivity index (χ3v) is 4.63. The molecule has 1 aliphatic rings. The van der Waals surface area contributed by atoms with Crippen molar-refractivity contribution in [3.05, 3.63) is 34.9 Å². The van der Waals surface area contributed by atoms with Gasteiger partial charge in [-0.15, -0.1) is 24.0 Å². The molecule has 0 bridgehead atoms. The van der Waals surface area contributed by atoms with Crippen LogP contribution in [0, 0.1) is 0 Å². The molecule has 1 fully saturated rings. The molecule has 0 unspecified atom stereocenters. The topological polar surface area (TPSA) is 59.9 Å². The Bertz CT molecular complexity index is 536. The minimum absolute atomic E-state index is 0. The number of nitrogens with zero attached hydrogens (tertiary/aromatic N) is 2. The van der Waals surface area contributed by atoms with Gasteiger partial charge in [0.1, 0.15) is 0 Å². The van der Waals surface area contributed by atoms with Crippen LogP contribution in [0.3, 0.4) is 0 Å². The molecule has 0 saturated carbocycles. The van der Waals surface area contributed by atoms with Crippen molar-refractivity contribution in [2.75, 3.05) is 39.3 Å². The predicted octanol–water partition coefficient (Wildman–Crippen LogP) is 2.90. The van der Waals surface area contributed by atoms with E-state index in [0.717, 1.165) is 75.9 Å². The van der Waals surface area contributed by atoms with Gasteiger partial charge in [0.15, 0.2) is 5.96 Å². The maximum atomic E-state index is 9.54. The summed E-state index contributed by atoms with van der Waals surface area (Å²) in [5.74, 6) is 0.874. The number of halogens is 2. The number of guanidine groups is 1. The first-order valence-electron chi connectivity index (χ1n) is 9.34. The number of hydrogen-bond acceptors (Lipinski definition) is 3. The van der Waals surface area contributed by atoms with E-state index in [1.54, 1.807) is 0 Å². The van der Waals surface area contributed by atoms with Crippen LogP contribution in [-0.4, -0.2) is 61.3 Å². The van der Waals surface area contributed by atoms with Crippen LogP contribution in [0.4, 0.5) is 0 Å². The summed E-state index contributed by atoms with van der Waals surface area (Å²) in [6, 6.07) is 7.97. The smallest absolute Gasteiger partial charge is 0.191 e. The summed E-state index contributed by atoms with van der Waals surface area (Å²) in [4.78, 5) is 7.07. The Morgan fingerprint density at radius 1 is 1.31 bits per heavy atom. The van der Waals surface area contributed by atoms with Crippen LogP contribution in [0.15, 0.2) is 29.3 Å². The molecule has 0 aliphatic carbocycles. The molecule has 0 amide bonds. The zero-order valence-electron chi connectivity index (χ0n) is 15.6. The van der Waals surface area contributed by atoms with E-state index < -0.39 is 0 Å². The number of benzene rings is 1. The minimum Gasteiger partial charge on any atom is -0.393 e. The van der Waals surface area contributed by atoms with E-state index in [2.05, 4.69) is 33.5 Å². The van der Waals surface area contributed by atoms with Gasteiger partial charge in [0.05, 0.1) is 6.10 Å². The van der Waals surface area contributed by atoms with E-state index in [0.29, 0.717) is 0 Å². The Labute approximate surface area is 179 Å². The van der Waals surface area contributed by atoms with Crippen molar-refractivity contribution < 1.29 is 5.11 Å². The van der Waals surface area contributed by atoms with Crippen LogP contribution in [0.1, 0.15) is 31.7 Å². The summed E-state index contributed by atoms with van der Waals surface area (Å²) in [6.07, 6.45) is 3.66. The fourth-order valence-corrected chi connectivity index (χ4v) is 3.20. The van der Waals surface area contributed by atoms with E-state index in [9.17, 15) is 5.11 Å². The SMILES string of the molecule is CCNC(=NCCCN1CCC(O)CC1)NCCc1cccc(Cl)c1.I. The lowest BCUT2D eigenvalue weighted by Crippen LogP contribution is -2.39. The lowest BCUT2D eigenvalue weighted by atomic mass is 10.1. The molecule has 1 aliphatic heterocycles. The zero-order valence-corrected chi connectivity index (χ0v) is 18.7. The molecular weight excluding hydrogens is 463 g/mol. The monoisotopic (exact) mass is 494 g/mol. The molecule has 7 heteroatoms. The van der Waals surface area contributed by atoms with Crippen LogP contribution >= 0.6 is 35.6 Å². The van der Waals surface area contributed by atoms with Gasteiger partial charge in [-0.05, 0) is 56.8 Å². The number of nitrogens with one attached hydrogen (secondary N) is 2. The molecule has 1 saturated heterocycles. The van der Waals surface area contributed by atoms with Gasteiger partial charge >= 0.3 is 0 Å². The molecule has 3 N–H and O–H groups in total. The number of rotatable bonds is 8. The minimum atomic E-state index is -0.0988. The fourth-order valence-electron chi connectivity index (χ4n) is 2.99. The number of aliphatic hydroxyl groups is 1. The molecule has 0 atom stereocenters. The summed E-state index contributed by atoms with van der Waals surface area (Å²) in [6.45, 7) is 7.63. The maximum absolute atomic E-state index is 9.54. The first-order chi connectivity index (χ1) is 12.2. The lowest BCUT2D eigenvalue weighted by molar-refractivity contribution is 0.0824. The summed E-state index contributed by atoms with van der Waals surface area (Å²) >= 11 is 6.02. The van der Waals surface area contributed by atoms with Gasteiger partial charge in [-0.1, -0.05) is 23.7 Å². The Balaban J connectivity index is 0.00000338. The van der Waals surface area contributed by atoms with Crippen molar-refractivity contribution in [2.24, 2.45) is 4.99 Å². The molecule has 0 aromatic heterocycles. The van der Waals surface area contributed by atoms with Crippen molar-refractivity contribution in [1.82, 2.24) is 15.5 Å². The molecule has 0 spiro atoms. The van der Waals surface area contributed by atoms with E-state index in [1.807, 2.05) is 18.2 Å². The molecule has 1 heterocycles. The lowest BCUT2D eigenvalue weighted by Gasteiger charge is -2.29. The molecule has 26 heavy (non-hydrogen) atoms. The standard InChI is InChI=1S/C19H31ClN4O.HI/c1-2-21-19(23-11-7-16-5-3-6-17(20)15-16)22-10-4-12-24-13-8-18(25)9-14-24;/h3,5-6,15,18,25H,2,4,7-14H2,1H3,(H2,21,22,23);1H. The summed E-state index contributed by atoms with van der Waals surface area (Å²) in [5.41, 5.74) is 1.23. The molecule has 2 rings (SSSR count). The highest BCUT2D eigenvalue weighted by Gasteiger charge is 2.15. The molecule has 1 aromatic rings. The predicted molar refractivity (Wildman–Crippen MR) is 121 cm³/mol. The Hall–Kier alpha value is -0.570. The van der Waals surface area contributed by atoms with Crippen LogP contribution in [0.25, 0.3) is 0 Å². The number of likely N-dealkylation sites (tertiary alicyclic amines) is 1. The molecule has 5 nitrogen and oxygen atoms in total. The average molecular weight is 495 g/mol. The van der Waals surface area contributed by atoms with Crippen LogP contribution in [0.5, 0.6) is 0 Å². The van der Waals surface area contributed by atoms with Gasteiger partial charge in [0.2, 0.25) is 0 Å². The Morgan fingerprint density at radius 3 is 2.77 bits per heavy atom. The molecule has 0 radical (unpaired) electrons. The van der Waals surface area contributed by atoms with Crippen molar-refractivity contribution in [2.45, 2.75) is 38.7 Å². The first kappa shape index (κ1) is 23.5. The number of piperidine rings is 1. The van der Waals surface area contributed by atoms with E-state index in [4.69, 9.17) is 11.6 Å². The third kappa shape index (κ3) is 9.39. The van der Waals surface area contributed by atoms with Crippen molar-refractivity contribution >= 4 is 41.5 Å². The second-order valence-electron chi connectivity index (χ2n) is 6.49. The van der Waals surface area contributed by atoms with Crippen LogP contribution in [-0.2, 0) is 6.42 Å². The molecular formula is C19H32ClIN4O. The van der Waals surface area contributed by atoms with Gasteiger partial charge < -0.3 is 20.6 Å². The van der Waals surface area contributed by atoms with Crippen molar-refractivity contribution in [3.8, 4) is 0 Å². The average Bonchev–Trinajstić information content (AvgIpc) is 2.60. The van der Waals surface area contributed by atoms with Gasteiger partial charge in [-0.2, -0.15) is 0 Å². The summed E-state index contributed by atoms with van der Waals surface area (Å²) in [7, 11) is 0. The zero-order chi connectivity index (χ0) is 17.9. The quantitative estimate of drug-likeness (QED) is 0.225. The second kappa shape index (κ2) is 13.6. The fraction of sp³-hybridized carbons (Fsp3) is 0.632. The van der Waals surface area contributed by atoms with Crippen molar-refractivity contribution in [3.63, 3.8) is 0 Å². The normalized spacial score (nSPS) is 16.2. The molecule has 148 valence electrons. The van der Waals surface area contributed by atoms with Crippen LogP contribution < -0.4 is 10.6 Å². The van der Waals surface area contributed by atoms with E-state index in [1.165, 1.54) is 5.56 Å². The number of hydrogen-bond donors (Lipinski definition) is 3. The third-order valence-electron chi connectivity index (χ3n) is 4.40. The van der Waals surface area contributed by atoms with E-state index in [-0.39, 0.29) is 30.1 Å². The number of aliphatic hydroxyl groups excluding tert-OH is 1. The largest absolute Gasteiger partial charge is 0.393 e. The maximum Gasteiger partial charge on any atom is 0.191 e. The number of aliphatic imine (C=N–C) groups is 1. The summed E-state index contributed by atoms with van der Waals surface area (Å²) < 4.78 is 0.